The molecule has 1 saturated heterocycles. The molecule has 1 saturated carbocycles. The minimum atomic E-state index is -4.32. The Bertz CT molecular complexity index is 539. The molecular formula is C18H25F3N2O. The minimum absolute atomic E-state index is 0.111. The van der Waals surface area contributed by atoms with Crippen LogP contribution in [0.15, 0.2) is 24.3 Å². The minimum Gasteiger partial charge on any atom is -0.390 e. The fourth-order valence-corrected chi connectivity index (χ4v) is 3.49. The van der Waals surface area contributed by atoms with E-state index >= 15 is 0 Å². The number of nitrogens with zero attached hydrogens (tertiary/aromatic N) is 1. The number of alkyl halides is 3. The summed E-state index contributed by atoms with van der Waals surface area (Å²) in [5.74, 6) is 0.368. The molecule has 0 bridgehead atoms. The number of hydrogen-bond acceptors (Lipinski definition) is 3. The van der Waals surface area contributed by atoms with E-state index in [1.807, 2.05) is 0 Å². The van der Waals surface area contributed by atoms with E-state index in [-0.39, 0.29) is 6.04 Å². The summed E-state index contributed by atoms with van der Waals surface area (Å²) >= 11 is 0. The van der Waals surface area contributed by atoms with Crippen LogP contribution < -0.4 is 5.32 Å². The Morgan fingerprint density at radius 1 is 1.21 bits per heavy atom. The van der Waals surface area contributed by atoms with E-state index in [0.717, 1.165) is 32.0 Å². The normalized spacial score (nSPS) is 21.8. The molecule has 1 heterocycles. The van der Waals surface area contributed by atoms with E-state index in [1.165, 1.54) is 25.0 Å². The molecule has 1 aliphatic heterocycles. The molecular weight excluding hydrogens is 317 g/mol. The number of aliphatic hydroxyl groups is 1. The van der Waals surface area contributed by atoms with E-state index in [1.54, 1.807) is 6.07 Å². The van der Waals surface area contributed by atoms with Gasteiger partial charge in [0.15, 0.2) is 0 Å². The van der Waals surface area contributed by atoms with Crippen LogP contribution in [0.4, 0.5) is 13.2 Å². The maximum atomic E-state index is 12.9. The maximum absolute atomic E-state index is 12.9. The Balaban J connectivity index is 1.60. The standard InChI is InChI=1S/C18H25F3N2O/c19-18(20,21)15-5-3-4-14(10-15)17(13-6-7-13)22-11-16(24)12-23-8-1-2-9-23/h3-5,10,13,16-17,22,24H,1-2,6-9,11-12H2. The van der Waals surface area contributed by atoms with Crippen LogP contribution in [0.2, 0.25) is 0 Å². The summed E-state index contributed by atoms with van der Waals surface area (Å²) < 4.78 is 38.8. The summed E-state index contributed by atoms with van der Waals surface area (Å²) in [5.41, 5.74) is 0.0609. The van der Waals surface area contributed by atoms with Gasteiger partial charge in [0.2, 0.25) is 0 Å². The average Bonchev–Trinajstić information content (AvgIpc) is 3.24. The van der Waals surface area contributed by atoms with Crippen molar-refractivity contribution in [3.05, 3.63) is 35.4 Å². The molecule has 2 unspecified atom stereocenters. The van der Waals surface area contributed by atoms with Gasteiger partial charge in [0, 0.05) is 19.1 Å². The van der Waals surface area contributed by atoms with Crippen LogP contribution in [0.25, 0.3) is 0 Å². The quantitative estimate of drug-likeness (QED) is 0.799. The Morgan fingerprint density at radius 2 is 1.92 bits per heavy atom. The van der Waals surface area contributed by atoms with Crippen molar-refractivity contribution in [1.82, 2.24) is 10.2 Å². The third-order valence-corrected chi connectivity index (χ3v) is 4.91. The van der Waals surface area contributed by atoms with Crippen molar-refractivity contribution in [3.8, 4) is 0 Å². The van der Waals surface area contributed by atoms with Crippen LogP contribution in [-0.4, -0.2) is 42.3 Å². The van der Waals surface area contributed by atoms with E-state index in [0.29, 0.717) is 24.6 Å². The van der Waals surface area contributed by atoms with Gasteiger partial charge in [-0.1, -0.05) is 12.1 Å². The van der Waals surface area contributed by atoms with Crippen LogP contribution in [0, 0.1) is 5.92 Å². The molecule has 1 aromatic carbocycles. The molecule has 3 rings (SSSR count). The van der Waals surface area contributed by atoms with Crippen LogP contribution in [-0.2, 0) is 6.18 Å². The zero-order valence-electron chi connectivity index (χ0n) is 13.7. The van der Waals surface area contributed by atoms with Gasteiger partial charge in [-0.3, -0.25) is 0 Å². The van der Waals surface area contributed by atoms with Crippen LogP contribution in [0.5, 0.6) is 0 Å². The van der Waals surface area contributed by atoms with Crippen molar-refractivity contribution in [2.45, 2.75) is 44.0 Å². The highest BCUT2D eigenvalue weighted by Gasteiger charge is 2.35. The van der Waals surface area contributed by atoms with Gasteiger partial charge >= 0.3 is 6.18 Å². The molecule has 134 valence electrons. The van der Waals surface area contributed by atoms with Gasteiger partial charge in [-0.2, -0.15) is 13.2 Å². The number of aliphatic hydroxyl groups excluding tert-OH is 1. The monoisotopic (exact) mass is 342 g/mol. The second-order valence-electron chi connectivity index (χ2n) is 7.01. The lowest BCUT2D eigenvalue weighted by molar-refractivity contribution is -0.137. The van der Waals surface area contributed by atoms with Gasteiger partial charge in [-0.25, -0.2) is 0 Å². The molecule has 3 nitrogen and oxygen atoms in total. The fraction of sp³-hybridized carbons (Fsp3) is 0.667. The number of β-amino-alcohol motifs (C(OH)–C–C–N with tert-alkyl or cyclic N) is 1. The third-order valence-electron chi connectivity index (χ3n) is 4.91. The zero-order chi connectivity index (χ0) is 17.2. The van der Waals surface area contributed by atoms with Gasteiger partial charge in [0.25, 0.3) is 0 Å². The molecule has 1 aliphatic carbocycles. The fourth-order valence-electron chi connectivity index (χ4n) is 3.49. The summed E-state index contributed by atoms with van der Waals surface area (Å²) in [5, 5.41) is 13.5. The first kappa shape index (κ1) is 17.7. The van der Waals surface area contributed by atoms with Crippen LogP contribution in [0.1, 0.15) is 42.9 Å². The molecule has 6 heteroatoms. The van der Waals surface area contributed by atoms with Gasteiger partial charge < -0.3 is 15.3 Å². The predicted octanol–water partition coefficient (Wildman–Crippen LogP) is 3.20. The highest BCUT2D eigenvalue weighted by molar-refractivity contribution is 5.29. The first-order chi connectivity index (χ1) is 11.4. The first-order valence-electron chi connectivity index (χ1n) is 8.74. The highest BCUT2D eigenvalue weighted by atomic mass is 19.4. The number of nitrogens with one attached hydrogen (secondary N) is 1. The number of rotatable bonds is 7. The maximum Gasteiger partial charge on any atom is 0.416 e. The Hall–Kier alpha value is -1.11. The van der Waals surface area contributed by atoms with Gasteiger partial charge in [-0.15, -0.1) is 0 Å². The van der Waals surface area contributed by atoms with Crippen LogP contribution >= 0.6 is 0 Å². The topological polar surface area (TPSA) is 35.5 Å². The number of hydrogen-bond donors (Lipinski definition) is 2. The molecule has 2 atom stereocenters. The third kappa shape index (κ3) is 4.71. The van der Waals surface area contributed by atoms with Crippen LogP contribution in [0.3, 0.4) is 0 Å². The molecule has 2 fully saturated rings. The van der Waals surface area contributed by atoms with Crippen molar-refractivity contribution < 1.29 is 18.3 Å². The lowest BCUT2D eigenvalue weighted by Gasteiger charge is -2.24. The highest BCUT2D eigenvalue weighted by Crippen LogP contribution is 2.42. The first-order valence-corrected chi connectivity index (χ1v) is 8.74. The second-order valence-corrected chi connectivity index (χ2v) is 7.01. The molecule has 2 aliphatic rings. The number of likely N-dealkylation sites (tertiary alicyclic amines) is 1. The second kappa shape index (κ2) is 7.42. The summed E-state index contributed by atoms with van der Waals surface area (Å²) in [6.07, 6.45) is -0.411. The van der Waals surface area contributed by atoms with E-state index in [9.17, 15) is 18.3 Å². The van der Waals surface area contributed by atoms with Crippen molar-refractivity contribution in [2.24, 2.45) is 5.92 Å². The molecule has 2 N–H and O–H groups in total. The van der Waals surface area contributed by atoms with Crippen molar-refractivity contribution in [1.29, 1.82) is 0 Å². The summed E-state index contributed by atoms with van der Waals surface area (Å²) in [6.45, 7) is 3.09. The Morgan fingerprint density at radius 3 is 2.54 bits per heavy atom. The Kier molecular flexibility index (Phi) is 5.47. The van der Waals surface area contributed by atoms with Crippen molar-refractivity contribution in [3.63, 3.8) is 0 Å². The van der Waals surface area contributed by atoms with E-state index in [4.69, 9.17) is 0 Å². The summed E-state index contributed by atoms with van der Waals surface area (Å²) in [7, 11) is 0. The lowest BCUT2D eigenvalue weighted by Crippen LogP contribution is -2.38. The molecule has 24 heavy (non-hydrogen) atoms. The zero-order valence-corrected chi connectivity index (χ0v) is 13.7. The predicted molar refractivity (Wildman–Crippen MR) is 86.6 cm³/mol. The average molecular weight is 342 g/mol. The lowest BCUT2D eigenvalue weighted by atomic mass is 9.99. The Labute approximate surface area is 140 Å². The van der Waals surface area contributed by atoms with Gasteiger partial charge in [0.1, 0.15) is 0 Å². The van der Waals surface area contributed by atoms with Gasteiger partial charge in [-0.05, 0) is 62.4 Å². The summed E-state index contributed by atoms with van der Waals surface area (Å²) in [6, 6.07) is 5.45. The molecule has 1 aromatic rings. The number of halogens is 3. The van der Waals surface area contributed by atoms with Gasteiger partial charge in [0.05, 0.1) is 11.7 Å². The molecule has 0 spiro atoms. The molecule has 0 aromatic heterocycles. The number of benzene rings is 1. The largest absolute Gasteiger partial charge is 0.416 e. The summed E-state index contributed by atoms with van der Waals surface area (Å²) in [4.78, 5) is 2.24. The molecule has 0 radical (unpaired) electrons. The van der Waals surface area contributed by atoms with Crippen molar-refractivity contribution >= 4 is 0 Å². The van der Waals surface area contributed by atoms with E-state index < -0.39 is 17.8 Å². The van der Waals surface area contributed by atoms with Crippen molar-refractivity contribution in [2.75, 3.05) is 26.2 Å². The molecule has 0 amide bonds. The van der Waals surface area contributed by atoms with E-state index in [2.05, 4.69) is 10.2 Å². The smallest absolute Gasteiger partial charge is 0.390 e. The SMILES string of the molecule is OC(CNC(c1cccc(C(F)(F)F)c1)C1CC1)CN1CCCC1.